The van der Waals surface area contributed by atoms with Crippen molar-refractivity contribution in [3.05, 3.63) is 0 Å². The summed E-state index contributed by atoms with van der Waals surface area (Å²) in [6, 6.07) is 0. The summed E-state index contributed by atoms with van der Waals surface area (Å²) in [5, 5.41) is 3.65. The van der Waals surface area contributed by atoms with E-state index < -0.39 is 0 Å². The highest BCUT2D eigenvalue weighted by Crippen LogP contribution is 2.29. The van der Waals surface area contributed by atoms with Gasteiger partial charge in [0.15, 0.2) is 0 Å². The molecule has 0 radical (unpaired) electrons. The summed E-state index contributed by atoms with van der Waals surface area (Å²) < 4.78 is 5.43. The van der Waals surface area contributed by atoms with Gasteiger partial charge in [-0.25, -0.2) is 0 Å². The molecule has 0 bridgehead atoms. The van der Waals surface area contributed by atoms with Crippen LogP contribution in [0.15, 0.2) is 0 Å². The maximum atomic E-state index is 5.92. The Labute approximate surface area is 106 Å². The minimum absolute atomic E-state index is 0.293. The van der Waals surface area contributed by atoms with E-state index in [2.05, 4.69) is 26.1 Å². The fourth-order valence-corrected chi connectivity index (χ4v) is 2.53. The van der Waals surface area contributed by atoms with Crippen LogP contribution in [0.25, 0.3) is 0 Å². The van der Waals surface area contributed by atoms with E-state index in [4.69, 9.17) is 10.5 Å². The van der Waals surface area contributed by atoms with Gasteiger partial charge < -0.3 is 15.8 Å². The third-order valence-electron chi connectivity index (χ3n) is 4.68. The van der Waals surface area contributed by atoms with Gasteiger partial charge in [0, 0.05) is 26.3 Å². The molecule has 0 saturated carbocycles. The minimum atomic E-state index is 0.293. The molecule has 3 nitrogen and oxygen atoms in total. The Balaban J connectivity index is 2.34. The lowest BCUT2D eigenvalue weighted by Crippen LogP contribution is -2.44. The fourth-order valence-electron chi connectivity index (χ4n) is 2.53. The summed E-state index contributed by atoms with van der Waals surface area (Å²) in [6.07, 6.45) is 4.67. The van der Waals surface area contributed by atoms with Gasteiger partial charge in [-0.3, -0.25) is 0 Å². The molecule has 3 heteroatoms. The standard InChI is InChI=1S/C14H30N2O/c1-4-14(5-2,10-15)12-16-11-13(3)6-8-17-9-7-13/h16H,4-12,15H2,1-3H3. The molecule has 3 N–H and O–H groups in total. The van der Waals surface area contributed by atoms with Crippen molar-refractivity contribution in [2.45, 2.75) is 46.5 Å². The highest BCUT2D eigenvalue weighted by atomic mass is 16.5. The molecule has 1 heterocycles. The Morgan fingerprint density at radius 3 is 2.29 bits per heavy atom. The van der Waals surface area contributed by atoms with Crippen LogP contribution in [0.5, 0.6) is 0 Å². The molecule has 1 aliphatic rings. The molecular weight excluding hydrogens is 212 g/mol. The zero-order valence-corrected chi connectivity index (χ0v) is 11.8. The van der Waals surface area contributed by atoms with Gasteiger partial charge in [-0.15, -0.1) is 0 Å². The zero-order chi connectivity index (χ0) is 12.8. The van der Waals surface area contributed by atoms with Crippen LogP contribution in [0, 0.1) is 10.8 Å². The predicted octanol–water partition coefficient (Wildman–Crippen LogP) is 2.16. The normalized spacial score (nSPS) is 20.5. The Hall–Kier alpha value is -0.120. The first kappa shape index (κ1) is 14.9. The van der Waals surface area contributed by atoms with Crippen LogP contribution in [0.2, 0.25) is 0 Å². The first-order valence-electron chi connectivity index (χ1n) is 7.08. The van der Waals surface area contributed by atoms with Crippen molar-refractivity contribution in [3.8, 4) is 0 Å². The number of ether oxygens (including phenoxy) is 1. The maximum absolute atomic E-state index is 5.92. The van der Waals surface area contributed by atoms with Crippen molar-refractivity contribution in [2.75, 3.05) is 32.8 Å². The van der Waals surface area contributed by atoms with Crippen LogP contribution in [-0.2, 0) is 4.74 Å². The highest BCUT2D eigenvalue weighted by molar-refractivity contribution is 4.84. The van der Waals surface area contributed by atoms with Gasteiger partial charge in [0.25, 0.3) is 0 Å². The highest BCUT2D eigenvalue weighted by Gasteiger charge is 2.29. The fraction of sp³-hybridized carbons (Fsp3) is 1.00. The van der Waals surface area contributed by atoms with Crippen LogP contribution in [0.1, 0.15) is 46.5 Å². The molecule has 1 rings (SSSR count). The van der Waals surface area contributed by atoms with E-state index >= 15 is 0 Å². The van der Waals surface area contributed by atoms with Crippen LogP contribution in [0.3, 0.4) is 0 Å². The summed E-state index contributed by atoms with van der Waals surface area (Å²) in [5.41, 5.74) is 6.63. The average molecular weight is 242 g/mol. The van der Waals surface area contributed by atoms with Gasteiger partial charge in [0.1, 0.15) is 0 Å². The molecule has 1 aliphatic heterocycles. The molecule has 0 aromatic carbocycles. The van der Waals surface area contributed by atoms with Crippen LogP contribution >= 0.6 is 0 Å². The second kappa shape index (κ2) is 6.72. The largest absolute Gasteiger partial charge is 0.381 e. The molecule has 0 unspecified atom stereocenters. The summed E-state index contributed by atoms with van der Waals surface area (Å²) >= 11 is 0. The number of hydrogen-bond acceptors (Lipinski definition) is 3. The lowest BCUT2D eigenvalue weighted by Gasteiger charge is -2.36. The van der Waals surface area contributed by atoms with Gasteiger partial charge in [0.2, 0.25) is 0 Å². The van der Waals surface area contributed by atoms with E-state index in [1.807, 2.05) is 0 Å². The van der Waals surface area contributed by atoms with Crippen molar-refractivity contribution in [1.29, 1.82) is 0 Å². The number of nitrogens with two attached hydrogens (primary N) is 1. The van der Waals surface area contributed by atoms with E-state index in [-0.39, 0.29) is 0 Å². The lowest BCUT2D eigenvalue weighted by atomic mass is 9.80. The number of hydrogen-bond donors (Lipinski definition) is 2. The topological polar surface area (TPSA) is 47.3 Å². The smallest absolute Gasteiger partial charge is 0.0471 e. The third kappa shape index (κ3) is 4.23. The second-order valence-electron chi connectivity index (χ2n) is 5.94. The van der Waals surface area contributed by atoms with Crippen molar-refractivity contribution < 1.29 is 4.74 Å². The first-order chi connectivity index (χ1) is 8.10. The third-order valence-corrected chi connectivity index (χ3v) is 4.68. The van der Waals surface area contributed by atoms with Crippen molar-refractivity contribution in [2.24, 2.45) is 16.6 Å². The molecule has 1 fully saturated rings. The molecule has 0 aliphatic carbocycles. The predicted molar refractivity (Wildman–Crippen MR) is 73.1 cm³/mol. The minimum Gasteiger partial charge on any atom is -0.381 e. The second-order valence-corrected chi connectivity index (χ2v) is 5.94. The Morgan fingerprint density at radius 2 is 1.82 bits per heavy atom. The van der Waals surface area contributed by atoms with Crippen molar-refractivity contribution in [3.63, 3.8) is 0 Å². The van der Waals surface area contributed by atoms with Crippen LogP contribution in [0.4, 0.5) is 0 Å². The maximum Gasteiger partial charge on any atom is 0.0471 e. The molecule has 0 aromatic rings. The van der Waals surface area contributed by atoms with Gasteiger partial charge in [-0.1, -0.05) is 20.8 Å². The van der Waals surface area contributed by atoms with E-state index in [0.29, 0.717) is 10.8 Å². The Bertz CT molecular complexity index is 200. The molecule has 0 atom stereocenters. The molecular formula is C14H30N2O. The van der Waals surface area contributed by atoms with E-state index in [1.54, 1.807) is 0 Å². The molecule has 17 heavy (non-hydrogen) atoms. The SMILES string of the molecule is CCC(CC)(CN)CNCC1(C)CCOCC1. The van der Waals surface area contributed by atoms with Crippen molar-refractivity contribution in [1.82, 2.24) is 5.32 Å². The van der Waals surface area contributed by atoms with E-state index in [1.165, 1.54) is 12.8 Å². The van der Waals surface area contributed by atoms with Gasteiger partial charge in [-0.05, 0) is 43.1 Å². The Morgan fingerprint density at radius 1 is 1.24 bits per heavy atom. The quantitative estimate of drug-likeness (QED) is 0.719. The van der Waals surface area contributed by atoms with Crippen molar-refractivity contribution >= 4 is 0 Å². The molecule has 0 aromatic heterocycles. The number of nitrogens with one attached hydrogen (secondary N) is 1. The monoisotopic (exact) mass is 242 g/mol. The van der Waals surface area contributed by atoms with Gasteiger partial charge in [0.05, 0.1) is 0 Å². The summed E-state index contributed by atoms with van der Waals surface area (Å²) in [7, 11) is 0. The molecule has 102 valence electrons. The zero-order valence-electron chi connectivity index (χ0n) is 11.8. The first-order valence-corrected chi connectivity index (χ1v) is 7.08. The molecule has 1 saturated heterocycles. The molecule has 0 amide bonds. The van der Waals surface area contributed by atoms with Gasteiger partial charge in [-0.2, -0.15) is 0 Å². The summed E-state index contributed by atoms with van der Waals surface area (Å²) in [5.74, 6) is 0. The lowest BCUT2D eigenvalue weighted by molar-refractivity contribution is 0.0228. The van der Waals surface area contributed by atoms with Crippen LogP contribution in [-0.4, -0.2) is 32.8 Å². The van der Waals surface area contributed by atoms with Crippen LogP contribution < -0.4 is 11.1 Å². The van der Waals surface area contributed by atoms with Gasteiger partial charge >= 0.3 is 0 Å². The summed E-state index contributed by atoms with van der Waals surface area (Å²) in [4.78, 5) is 0. The van der Waals surface area contributed by atoms with E-state index in [0.717, 1.165) is 45.7 Å². The summed E-state index contributed by atoms with van der Waals surface area (Å²) in [6.45, 7) is 11.6. The molecule has 0 spiro atoms. The van der Waals surface area contributed by atoms with E-state index in [9.17, 15) is 0 Å². The number of rotatable bonds is 7. The average Bonchev–Trinajstić information content (AvgIpc) is 2.36. The Kier molecular flexibility index (Phi) is 5.90.